The molecule has 3 aromatic carbocycles. The largest absolute Gasteiger partial charge is 0.497 e. The highest BCUT2D eigenvalue weighted by molar-refractivity contribution is 7.80. The zero-order valence-electron chi connectivity index (χ0n) is 14.0. The third-order valence-corrected chi connectivity index (χ3v) is 5.22. The molecule has 1 heterocycles. The summed E-state index contributed by atoms with van der Waals surface area (Å²) < 4.78 is 5.19. The number of anilines is 1. The van der Waals surface area contributed by atoms with Gasteiger partial charge in [0, 0.05) is 10.3 Å². The normalized spacial score (nSPS) is 19.3. The first-order chi connectivity index (χ1) is 12.6. The SMILES string of the molecule is COc1ccc([C@H]2[C@@H]([N+](=O)[O-])C(=S)N2c2cccc3ccccc23)cc1. The Balaban J connectivity index is 1.82. The predicted molar refractivity (Wildman–Crippen MR) is 106 cm³/mol. The van der Waals surface area contributed by atoms with Crippen LogP contribution < -0.4 is 9.64 Å². The van der Waals surface area contributed by atoms with Crippen molar-refractivity contribution in [2.45, 2.75) is 12.1 Å². The molecule has 4 rings (SSSR count). The highest BCUT2D eigenvalue weighted by Gasteiger charge is 2.54. The van der Waals surface area contributed by atoms with Gasteiger partial charge in [0.25, 0.3) is 6.04 Å². The van der Waals surface area contributed by atoms with Gasteiger partial charge >= 0.3 is 0 Å². The monoisotopic (exact) mass is 364 g/mol. The van der Waals surface area contributed by atoms with E-state index in [1.807, 2.05) is 71.6 Å². The number of methoxy groups -OCH3 is 1. The molecule has 5 nitrogen and oxygen atoms in total. The number of hydrogen-bond donors (Lipinski definition) is 0. The van der Waals surface area contributed by atoms with Crippen molar-refractivity contribution in [2.75, 3.05) is 12.0 Å². The summed E-state index contributed by atoms with van der Waals surface area (Å²) in [5, 5.41) is 13.7. The van der Waals surface area contributed by atoms with Crippen LogP contribution in [-0.4, -0.2) is 23.1 Å². The maximum absolute atomic E-state index is 11.6. The molecule has 6 heteroatoms. The smallest absolute Gasteiger partial charge is 0.287 e. The molecule has 0 N–H and O–H groups in total. The molecule has 130 valence electrons. The summed E-state index contributed by atoms with van der Waals surface area (Å²) in [7, 11) is 1.59. The molecule has 0 spiro atoms. The first-order valence-electron chi connectivity index (χ1n) is 8.20. The van der Waals surface area contributed by atoms with Crippen molar-refractivity contribution >= 4 is 33.7 Å². The van der Waals surface area contributed by atoms with Crippen molar-refractivity contribution in [1.29, 1.82) is 0 Å². The molecule has 3 aromatic rings. The zero-order valence-corrected chi connectivity index (χ0v) is 14.8. The van der Waals surface area contributed by atoms with E-state index < -0.39 is 12.1 Å². The molecule has 0 aromatic heterocycles. The van der Waals surface area contributed by atoms with Crippen LogP contribution in [0.4, 0.5) is 5.69 Å². The van der Waals surface area contributed by atoms with Gasteiger partial charge in [-0.2, -0.15) is 0 Å². The van der Waals surface area contributed by atoms with Gasteiger partial charge in [-0.25, -0.2) is 0 Å². The van der Waals surface area contributed by atoms with Crippen LogP contribution in [0.1, 0.15) is 11.6 Å². The van der Waals surface area contributed by atoms with Crippen LogP contribution >= 0.6 is 12.2 Å². The van der Waals surface area contributed by atoms with Gasteiger partial charge in [0.15, 0.2) is 4.99 Å². The van der Waals surface area contributed by atoms with Gasteiger partial charge in [0.05, 0.1) is 12.8 Å². The third-order valence-electron chi connectivity index (χ3n) is 4.78. The van der Waals surface area contributed by atoms with Crippen LogP contribution in [0, 0.1) is 10.1 Å². The Morgan fingerprint density at radius 2 is 1.73 bits per heavy atom. The number of rotatable bonds is 4. The number of nitrogens with zero attached hydrogens (tertiary/aromatic N) is 2. The average molecular weight is 364 g/mol. The van der Waals surface area contributed by atoms with Gasteiger partial charge in [-0.1, -0.05) is 60.7 Å². The fourth-order valence-electron chi connectivity index (χ4n) is 3.50. The molecule has 1 aliphatic heterocycles. The summed E-state index contributed by atoms with van der Waals surface area (Å²) in [6.07, 6.45) is 0. The summed E-state index contributed by atoms with van der Waals surface area (Å²) in [5.41, 5.74) is 1.74. The molecule has 0 radical (unpaired) electrons. The standard InChI is InChI=1S/C20H16N2O3S/c1-25-15-11-9-14(10-12-15)18-19(22(23)24)20(26)21(18)17-8-4-6-13-5-2-3-7-16(13)17/h2-12,18-19H,1H3/t18-,19+/m0/s1. The van der Waals surface area contributed by atoms with E-state index in [-0.39, 0.29) is 4.92 Å². The Morgan fingerprint density at radius 1 is 1.04 bits per heavy atom. The van der Waals surface area contributed by atoms with Gasteiger partial charge in [-0.15, -0.1) is 0 Å². The number of fused-ring (bicyclic) bond motifs is 1. The second-order valence-corrected chi connectivity index (χ2v) is 6.57. The van der Waals surface area contributed by atoms with Crippen molar-refractivity contribution < 1.29 is 9.66 Å². The van der Waals surface area contributed by atoms with E-state index in [1.54, 1.807) is 7.11 Å². The van der Waals surface area contributed by atoms with E-state index in [0.29, 0.717) is 10.7 Å². The van der Waals surface area contributed by atoms with Crippen molar-refractivity contribution in [3.63, 3.8) is 0 Å². The molecule has 0 saturated carbocycles. The Labute approximate surface area is 156 Å². The topological polar surface area (TPSA) is 55.6 Å². The lowest BCUT2D eigenvalue weighted by Gasteiger charge is -2.45. The number of nitro groups is 1. The Morgan fingerprint density at radius 3 is 2.42 bits per heavy atom. The van der Waals surface area contributed by atoms with Gasteiger partial charge < -0.3 is 9.64 Å². The van der Waals surface area contributed by atoms with E-state index >= 15 is 0 Å². The quantitative estimate of drug-likeness (QED) is 0.391. The molecule has 0 bridgehead atoms. The fourth-order valence-corrected chi connectivity index (χ4v) is 3.93. The zero-order chi connectivity index (χ0) is 18.3. The lowest BCUT2D eigenvalue weighted by atomic mass is 9.88. The minimum absolute atomic E-state index is 0.293. The van der Waals surface area contributed by atoms with Crippen LogP contribution in [0.2, 0.25) is 0 Å². The molecule has 0 amide bonds. The molecule has 1 saturated heterocycles. The Hall–Kier alpha value is -2.99. The molecule has 0 unspecified atom stereocenters. The van der Waals surface area contributed by atoms with Gasteiger partial charge in [-0.3, -0.25) is 10.1 Å². The highest BCUT2D eigenvalue weighted by atomic mass is 32.1. The van der Waals surface area contributed by atoms with Crippen molar-refractivity contribution in [3.8, 4) is 5.75 Å². The van der Waals surface area contributed by atoms with Crippen LogP contribution in [0.5, 0.6) is 5.75 Å². The van der Waals surface area contributed by atoms with Crippen molar-refractivity contribution in [2.24, 2.45) is 0 Å². The van der Waals surface area contributed by atoms with E-state index in [0.717, 1.165) is 22.0 Å². The summed E-state index contributed by atoms with van der Waals surface area (Å²) in [6, 6.07) is 19.9. The summed E-state index contributed by atoms with van der Waals surface area (Å²) >= 11 is 5.43. The number of thiocarbonyl (C=S) groups is 1. The molecule has 1 aliphatic rings. The average Bonchev–Trinajstić information content (AvgIpc) is 2.66. The van der Waals surface area contributed by atoms with Crippen molar-refractivity contribution in [3.05, 3.63) is 82.4 Å². The molecule has 2 atom stereocenters. The van der Waals surface area contributed by atoms with E-state index in [9.17, 15) is 10.1 Å². The molecular formula is C20H16N2O3S. The molecular weight excluding hydrogens is 348 g/mol. The van der Waals surface area contributed by atoms with Gasteiger partial charge in [0.1, 0.15) is 11.8 Å². The van der Waals surface area contributed by atoms with E-state index in [4.69, 9.17) is 17.0 Å². The van der Waals surface area contributed by atoms with Crippen LogP contribution in [0.15, 0.2) is 66.7 Å². The van der Waals surface area contributed by atoms with Crippen molar-refractivity contribution in [1.82, 2.24) is 0 Å². The van der Waals surface area contributed by atoms with Gasteiger partial charge in [0.2, 0.25) is 0 Å². The summed E-state index contributed by atoms with van der Waals surface area (Å²) in [5.74, 6) is 0.713. The maximum atomic E-state index is 11.6. The first-order valence-corrected chi connectivity index (χ1v) is 8.61. The first kappa shape index (κ1) is 16.5. The van der Waals surface area contributed by atoms with Crippen LogP contribution in [0.25, 0.3) is 10.8 Å². The molecule has 1 fully saturated rings. The lowest BCUT2D eigenvalue weighted by Crippen LogP contribution is -2.61. The number of benzene rings is 3. The molecule has 0 aliphatic carbocycles. The van der Waals surface area contributed by atoms with E-state index in [1.165, 1.54) is 0 Å². The number of ether oxygens (including phenoxy) is 1. The predicted octanol–water partition coefficient (Wildman–Crippen LogP) is 4.38. The maximum Gasteiger partial charge on any atom is 0.287 e. The second-order valence-electron chi connectivity index (χ2n) is 6.15. The number of hydrogen-bond acceptors (Lipinski definition) is 4. The summed E-state index contributed by atoms with van der Waals surface area (Å²) in [4.78, 5) is 13.5. The fraction of sp³-hybridized carbons (Fsp3) is 0.150. The Bertz CT molecular complexity index is 998. The minimum Gasteiger partial charge on any atom is -0.497 e. The third kappa shape index (κ3) is 2.50. The summed E-state index contributed by atoms with van der Waals surface area (Å²) in [6.45, 7) is 0. The Kier molecular flexibility index (Phi) is 4.05. The second kappa shape index (κ2) is 6.38. The van der Waals surface area contributed by atoms with E-state index in [2.05, 4.69) is 0 Å². The van der Waals surface area contributed by atoms with Crippen LogP contribution in [-0.2, 0) is 0 Å². The van der Waals surface area contributed by atoms with Gasteiger partial charge in [-0.05, 0) is 29.1 Å². The molecule has 26 heavy (non-hydrogen) atoms. The van der Waals surface area contributed by atoms with Crippen LogP contribution in [0.3, 0.4) is 0 Å². The lowest BCUT2D eigenvalue weighted by molar-refractivity contribution is -0.512. The highest BCUT2D eigenvalue weighted by Crippen LogP contribution is 2.44. The minimum atomic E-state index is -0.905.